The molecular weight excluding hydrogens is 286 g/mol. The van der Waals surface area contributed by atoms with Crippen LogP contribution in [0.5, 0.6) is 0 Å². The molecule has 0 saturated carbocycles. The third-order valence-electron chi connectivity index (χ3n) is 3.56. The number of carbonyl (C=O) groups is 2. The number of nitrogens with zero attached hydrogens (tertiary/aromatic N) is 2. The maximum atomic E-state index is 12.1. The van der Waals surface area contributed by atoms with E-state index in [9.17, 15) is 14.9 Å². The van der Waals surface area contributed by atoms with Crippen molar-refractivity contribution >= 4 is 23.0 Å². The van der Waals surface area contributed by atoms with Crippen LogP contribution < -0.4 is 5.32 Å². The SMILES string of the molecule is N#CC1=C(N2CCCC2)NC(=O)/C1=C/C(=O)c1cccs1. The Hall–Kier alpha value is -2.39. The van der Waals surface area contributed by atoms with Crippen LogP contribution in [0.15, 0.2) is 40.6 Å². The first kappa shape index (κ1) is 13.6. The van der Waals surface area contributed by atoms with Gasteiger partial charge in [0.05, 0.1) is 10.5 Å². The van der Waals surface area contributed by atoms with E-state index in [0.29, 0.717) is 10.7 Å². The van der Waals surface area contributed by atoms with Crippen molar-refractivity contribution in [3.05, 3.63) is 45.4 Å². The van der Waals surface area contributed by atoms with Crippen LogP contribution in [0.2, 0.25) is 0 Å². The van der Waals surface area contributed by atoms with Gasteiger partial charge < -0.3 is 10.2 Å². The Morgan fingerprint density at radius 1 is 1.43 bits per heavy atom. The Balaban J connectivity index is 1.95. The molecule has 21 heavy (non-hydrogen) atoms. The summed E-state index contributed by atoms with van der Waals surface area (Å²) >= 11 is 1.32. The zero-order valence-electron chi connectivity index (χ0n) is 11.3. The predicted molar refractivity (Wildman–Crippen MR) is 78.3 cm³/mol. The first-order chi connectivity index (χ1) is 10.2. The molecule has 1 amide bonds. The molecule has 0 unspecified atom stereocenters. The number of allylic oxidation sites excluding steroid dienone is 1. The van der Waals surface area contributed by atoms with E-state index in [1.165, 1.54) is 17.4 Å². The molecule has 1 aromatic rings. The van der Waals surface area contributed by atoms with E-state index in [4.69, 9.17) is 0 Å². The second kappa shape index (κ2) is 5.54. The van der Waals surface area contributed by atoms with E-state index < -0.39 is 0 Å². The molecule has 3 heterocycles. The Morgan fingerprint density at radius 2 is 2.19 bits per heavy atom. The second-order valence-electron chi connectivity index (χ2n) is 4.88. The lowest BCUT2D eigenvalue weighted by atomic mass is 10.1. The number of hydrogen-bond acceptors (Lipinski definition) is 5. The quantitative estimate of drug-likeness (QED) is 0.682. The summed E-state index contributed by atoms with van der Waals surface area (Å²) in [6.45, 7) is 1.65. The first-order valence-corrected chi connectivity index (χ1v) is 7.59. The van der Waals surface area contributed by atoms with E-state index in [2.05, 4.69) is 11.4 Å². The highest BCUT2D eigenvalue weighted by atomic mass is 32.1. The van der Waals surface area contributed by atoms with Crippen molar-refractivity contribution in [2.45, 2.75) is 12.8 Å². The Kier molecular flexibility index (Phi) is 3.59. The summed E-state index contributed by atoms with van der Waals surface area (Å²) in [5, 5.41) is 13.9. The van der Waals surface area contributed by atoms with Crippen LogP contribution in [-0.4, -0.2) is 29.7 Å². The molecule has 1 aromatic heterocycles. The molecule has 5 nitrogen and oxygen atoms in total. The number of ketones is 1. The van der Waals surface area contributed by atoms with Gasteiger partial charge in [-0.1, -0.05) is 6.07 Å². The van der Waals surface area contributed by atoms with Crippen molar-refractivity contribution in [1.82, 2.24) is 10.2 Å². The van der Waals surface area contributed by atoms with E-state index in [0.717, 1.165) is 25.9 Å². The maximum absolute atomic E-state index is 12.1. The number of hydrogen-bond donors (Lipinski definition) is 1. The lowest BCUT2D eigenvalue weighted by Crippen LogP contribution is -2.29. The summed E-state index contributed by atoms with van der Waals surface area (Å²) in [7, 11) is 0. The molecule has 3 rings (SSSR count). The monoisotopic (exact) mass is 299 g/mol. The fourth-order valence-electron chi connectivity index (χ4n) is 2.53. The van der Waals surface area contributed by atoms with Gasteiger partial charge in [-0.15, -0.1) is 11.3 Å². The molecular formula is C15H13N3O2S. The molecule has 2 aliphatic rings. The number of thiophene rings is 1. The van der Waals surface area contributed by atoms with Crippen LogP contribution in [0.3, 0.4) is 0 Å². The van der Waals surface area contributed by atoms with Gasteiger partial charge in [0.2, 0.25) is 0 Å². The van der Waals surface area contributed by atoms with Gasteiger partial charge in [-0.3, -0.25) is 9.59 Å². The standard InChI is InChI=1S/C15H13N3O2S/c16-9-11-10(8-12(19)13-4-3-7-21-13)15(20)17-14(11)18-5-1-2-6-18/h3-4,7-8H,1-2,5-6H2,(H,17,20)/b10-8+. The van der Waals surface area contributed by atoms with Crippen LogP contribution >= 0.6 is 11.3 Å². The van der Waals surface area contributed by atoms with Crippen LogP contribution in [0.25, 0.3) is 0 Å². The van der Waals surface area contributed by atoms with Gasteiger partial charge in [0.15, 0.2) is 5.78 Å². The average molecular weight is 299 g/mol. The van der Waals surface area contributed by atoms with Gasteiger partial charge in [-0.2, -0.15) is 5.26 Å². The van der Waals surface area contributed by atoms with Crippen molar-refractivity contribution in [1.29, 1.82) is 5.26 Å². The predicted octanol–water partition coefficient (Wildman–Crippen LogP) is 1.82. The molecule has 2 aliphatic heterocycles. The average Bonchev–Trinajstić information content (AvgIpc) is 3.19. The van der Waals surface area contributed by atoms with Crippen molar-refractivity contribution < 1.29 is 9.59 Å². The third kappa shape index (κ3) is 2.48. The number of amides is 1. The molecule has 1 fully saturated rings. The van der Waals surface area contributed by atoms with Gasteiger partial charge >= 0.3 is 0 Å². The fourth-order valence-corrected chi connectivity index (χ4v) is 3.16. The number of nitrogens with one attached hydrogen (secondary N) is 1. The molecule has 0 spiro atoms. The highest BCUT2D eigenvalue weighted by Gasteiger charge is 2.32. The minimum absolute atomic E-state index is 0.165. The van der Waals surface area contributed by atoms with Crippen molar-refractivity contribution in [3.63, 3.8) is 0 Å². The first-order valence-electron chi connectivity index (χ1n) is 6.71. The number of carbonyl (C=O) groups excluding carboxylic acids is 2. The van der Waals surface area contributed by atoms with Crippen LogP contribution in [0.4, 0.5) is 0 Å². The van der Waals surface area contributed by atoms with Crippen molar-refractivity contribution in [2.24, 2.45) is 0 Å². The number of rotatable bonds is 3. The van der Waals surface area contributed by atoms with E-state index in [-0.39, 0.29) is 22.8 Å². The number of nitriles is 1. The molecule has 0 aromatic carbocycles. The molecule has 6 heteroatoms. The molecule has 0 bridgehead atoms. The molecule has 106 valence electrons. The molecule has 0 aliphatic carbocycles. The smallest absolute Gasteiger partial charge is 0.258 e. The van der Waals surface area contributed by atoms with E-state index in [1.807, 2.05) is 4.90 Å². The summed E-state index contributed by atoms with van der Waals surface area (Å²) in [6, 6.07) is 5.54. The summed E-state index contributed by atoms with van der Waals surface area (Å²) < 4.78 is 0. The Bertz CT molecular complexity index is 689. The minimum atomic E-state index is -0.377. The molecule has 0 radical (unpaired) electrons. The van der Waals surface area contributed by atoms with Gasteiger partial charge in [0.1, 0.15) is 17.5 Å². The van der Waals surface area contributed by atoms with Gasteiger partial charge in [0.25, 0.3) is 5.91 Å². The summed E-state index contributed by atoms with van der Waals surface area (Å²) in [5.41, 5.74) is 0.435. The van der Waals surface area contributed by atoms with Crippen molar-refractivity contribution in [2.75, 3.05) is 13.1 Å². The van der Waals surface area contributed by atoms with Crippen LogP contribution in [-0.2, 0) is 4.79 Å². The van der Waals surface area contributed by atoms with Crippen LogP contribution in [0, 0.1) is 11.3 Å². The van der Waals surface area contributed by atoms with Gasteiger partial charge in [-0.25, -0.2) is 0 Å². The third-order valence-corrected chi connectivity index (χ3v) is 4.44. The maximum Gasteiger partial charge on any atom is 0.258 e. The summed E-state index contributed by atoms with van der Waals surface area (Å²) in [4.78, 5) is 26.7. The normalized spacial score (nSPS) is 20.0. The lowest BCUT2D eigenvalue weighted by Gasteiger charge is -2.18. The van der Waals surface area contributed by atoms with Gasteiger partial charge in [-0.05, 0) is 24.3 Å². The zero-order valence-corrected chi connectivity index (χ0v) is 12.1. The molecule has 0 atom stereocenters. The second-order valence-corrected chi connectivity index (χ2v) is 5.83. The summed E-state index contributed by atoms with van der Waals surface area (Å²) in [5.74, 6) is -0.0749. The van der Waals surface area contributed by atoms with Crippen molar-refractivity contribution in [3.8, 4) is 6.07 Å². The fraction of sp³-hybridized carbons (Fsp3) is 0.267. The zero-order chi connectivity index (χ0) is 14.8. The largest absolute Gasteiger partial charge is 0.357 e. The lowest BCUT2D eigenvalue weighted by molar-refractivity contribution is -0.116. The minimum Gasteiger partial charge on any atom is -0.357 e. The highest BCUT2D eigenvalue weighted by Crippen LogP contribution is 2.26. The summed E-state index contributed by atoms with van der Waals surface area (Å²) in [6.07, 6.45) is 3.36. The molecule has 1 saturated heterocycles. The highest BCUT2D eigenvalue weighted by molar-refractivity contribution is 7.12. The van der Waals surface area contributed by atoms with Gasteiger partial charge in [0, 0.05) is 19.2 Å². The van der Waals surface area contributed by atoms with Crippen LogP contribution in [0.1, 0.15) is 22.5 Å². The topological polar surface area (TPSA) is 73.2 Å². The molecule has 1 N–H and O–H groups in total. The Morgan fingerprint density at radius 3 is 2.81 bits per heavy atom. The Labute approximate surface area is 126 Å². The van der Waals surface area contributed by atoms with E-state index >= 15 is 0 Å². The number of likely N-dealkylation sites (tertiary alicyclic amines) is 1. The van der Waals surface area contributed by atoms with E-state index in [1.54, 1.807) is 17.5 Å².